The molecule has 24 heavy (non-hydrogen) atoms. The third kappa shape index (κ3) is 3.95. The third-order valence-electron chi connectivity index (χ3n) is 4.44. The number of nitrogens with zero attached hydrogens (tertiary/aromatic N) is 1. The number of carbonyl (C=O) groups is 1. The van der Waals surface area contributed by atoms with Gasteiger partial charge in [0.25, 0.3) is 0 Å². The summed E-state index contributed by atoms with van der Waals surface area (Å²) in [6.07, 6.45) is 0.779. The molecule has 0 radical (unpaired) electrons. The zero-order valence-corrected chi connectivity index (χ0v) is 14.1. The lowest BCUT2D eigenvalue weighted by Crippen LogP contribution is -2.36. The molecule has 1 N–H and O–H groups in total. The number of nitrogens with one attached hydrogen (secondary N) is 1. The molecule has 0 saturated carbocycles. The molecule has 2 aromatic carbocycles. The van der Waals surface area contributed by atoms with E-state index in [0.717, 1.165) is 44.0 Å². The van der Waals surface area contributed by atoms with Gasteiger partial charge in [-0.15, -0.1) is 0 Å². The van der Waals surface area contributed by atoms with Crippen LogP contribution in [0.3, 0.4) is 0 Å². The first-order chi connectivity index (χ1) is 11.8. The lowest BCUT2D eigenvalue weighted by atomic mass is 9.95. The molecule has 126 valence electrons. The van der Waals surface area contributed by atoms with Crippen LogP contribution >= 0.6 is 0 Å². The number of ether oxygens (including phenoxy) is 1. The number of carbonyl (C=O) groups excluding carboxylic acids is 1. The summed E-state index contributed by atoms with van der Waals surface area (Å²) in [5, 5.41) is 3.04. The van der Waals surface area contributed by atoms with Crippen molar-refractivity contribution in [3.8, 4) is 0 Å². The summed E-state index contributed by atoms with van der Waals surface area (Å²) in [6, 6.07) is 18.0. The standard InChI is InChI=1S/C20H24N2O2/c1-2-19(16-6-4-3-5-7-16)20(23)21-17-8-10-18(11-9-17)22-12-14-24-15-13-22/h3-11,19H,2,12-15H2,1H3,(H,21,23). The predicted molar refractivity (Wildman–Crippen MR) is 97.6 cm³/mol. The Morgan fingerprint density at radius 1 is 1.08 bits per heavy atom. The van der Waals surface area contributed by atoms with Gasteiger partial charge in [0.1, 0.15) is 0 Å². The highest BCUT2D eigenvalue weighted by Crippen LogP contribution is 2.23. The van der Waals surface area contributed by atoms with Gasteiger partial charge >= 0.3 is 0 Å². The van der Waals surface area contributed by atoms with E-state index in [-0.39, 0.29) is 11.8 Å². The second kappa shape index (κ2) is 7.97. The van der Waals surface area contributed by atoms with Crippen LogP contribution in [0.2, 0.25) is 0 Å². The molecule has 4 heteroatoms. The smallest absolute Gasteiger partial charge is 0.231 e. The Bertz CT molecular complexity index is 649. The van der Waals surface area contributed by atoms with Crippen molar-refractivity contribution >= 4 is 17.3 Å². The second-order valence-electron chi connectivity index (χ2n) is 6.01. The zero-order valence-electron chi connectivity index (χ0n) is 14.1. The maximum Gasteiger partial charge on any atom is 0.231 e. The Labute approximate surface area is 143 Å². The van der Waals surface area contributed by atoms with E-state index < -0.39 is 0 Å². The van der Waals surface area contributed by atoms with Crippen LogP contribution in [0.5, 0.6) is 0 Å². The Morgan fingerprint density at radius 3 is 2.38 bits per heavy atom. The van der Waals surface area contributed by atoms with Gasteiger partial charge in [0.2, 0.25) is 5.91 Å². The van der Waals surface area contributed by atoms with Crippen LogP contribution in [-0.2, 0) is 9.53 Å². The molecule has 3 rings (SSSR count). The molecule has 1 aliphatic rings. The van der Waals surface area contributed by atoms with Crippen molar-refractivity contribution in [3.05, 3.63) is 60.2 Å². The van der Waals surface area contributed by atoms with E-state index in [2.05, 4.69) is 22.3 Å². The Hall–Kier alpha value is -2.33. The summed E-state index contributed by atoms with van der Waals surface area (Å²) in [4.78, 5) is 14.9. The molecule has 4 nitrogen and oxygen atoms in total. The molecule has 1 saturated heterocycles. The number of anilines is 2. The quantitative estimate of drug-likeness (QED) is 0.912. The molecule has 0 bridgehead atoms. The molecule has 1 fully saturated rings. The van der Waals surface area contributed by atoms with Gasteiger partial charge in [-0.2, -0.15) is 0 Å². The fraction of sp³-hybridized carbons (Fsp3) is 0.350. The normalized spacial score (nSPS) is 15.8. The minimum Gasteiger partial charge on any atom is -0.378 e. The SMILES string of the molecule is CCC(C(=O)Nc1ccc(N2CCOCC2)cc1)c1ccccc1. The predicted octanol–water partition coefficient (Wildman–Crippen LogP) is 3.66. The fourth-order valence-electron chi connectivity index (χ4n) is 3.06. The summed E-state index contributed by atoms with van der Waals surface area (Å²) in [7, 11) is 0. The minimum atomic E-state index is -0.120. The van der Waals surface area contributed by atoms with E-state index in [1.165, 1.54) is 5.69 Å². The lowest BCUT2D eigenvalue weighted by Gasteiger charge is -2.29. The van der Waals surface area contributed by atoms with E-state index in [0.29, 0.717) is 0 Å². The molecule has 1 aliphatic heterocycles. The Balaban J connectivity index is 1.65. The Kier molecular flexibility index (Phi) is 5.49. The molecule has 1 amide bonds. The van der Waals surface area contributed by atoms with Gasteiger partial charge in [0.05, 0.1) is 19.1 Å². The van der Waals surface area contributed by atoms with Gasteiger partial charge in [-0.3, -0.25) is 4.79 Å². The van der Waals surface area contributed by atoms with Crippen molar-refractivity contribution in [1.29, 1.82) is 0 Å². The van der Waals surface area contributed by atoms with Gasteiger partial charge in [-0.1, -0.05) is 37.3 Å². The van der Waals surface area contributed by atoms with Gasteiger partial charge in [0, 0.05) is 24.5 Å². The monoisotopic (exact) mass is 324 g/mol. The summed E-state index contributed by atoms with van der Waals surface area (Å²) in [5.74, 6) is -0.0760. The Morgan fingerprint density at radius 2 is 1.75 bits per heavy atom. The summed E-state index contributed by atoms with van der Waals surface area (Å²) in [6.45, 7) is 5.41. The topological polar surface area (TPSA) is 41.6 Å². The fourth-order valence-corrected chi connectivity index (χ4v) is 3.06. The zero-order chi connectivity index (χ0) is 16.8. The highest BCUT2D eigenvalue weighted by atomic mass is 16.5. The van der Waals surface area contributed by atoms with E-state index in [1.54, 1.807) is 0 Å². The first kappa shape index (κ1) is 16.5. The van der Waals surface area contributed by atoms with Crippen molar-refractivity contribution in [2.45, 2.75) is 19.3 Å². The van der Waals surface area contributed by atoms with Crippen molar-refractivity contribution < 1.29 is 9.53 Å². The highest BCUT2D eigenvalue weighted by Gasteiger charge is 2.18. The van der Waals surface area contributed by atoms with Crippen LogP contribution in [0.25, 0.3) is 0 Å². The van der Waals surface area contributed by atoms with Crippen molar-refractivity contribution in [2.75, 3.05) is 36.5 Å². The van der Waals surface area contributed by atoms with E-state index in [9.17, 15) is 4.79 Å². The van der Waals surface area contributed by atoms with Crippen LogP contribution in [0.4, 0.5) is 11.4 Å². The van der Waals surface area contributed by atoms with Crippen LogP contribution in [0, 0.1) is 0 Å². The molecule has 0 aromatic heterocycles. The highest BCUT2D eigenvalue weighted by molar-refractivity contribution is 5.95. The summed E-state index contributed by atoms with van der Waals surface area (Å²) < 4.78 is 5.38. The maximum absolute atomic E-state index is 12.6. The molecule has 0 spiro atoms. The van der Waals surface area contributed by atoms with Crippen LogP contribution in [-0.4, -0.2) is 32.2 Å². The number of rotatable bonds is 5. The second-order valence-corrected chi connectivity index (χ2v) is 6.01. The summed E-state index contributed by atoms with van der Waals surface area (Å²) >= 11 is 0. The maximum atomic E-state index is 12.6. The van der Waals surface area contributed by atoms with Crippen molar-refractivity contribution in [2.24, 2.45) is 0 Å². The summed E-state index contributed by atoms with van der Waals surface area (Å²) in [5.41, 5.74) is 3.07. The molecule has 1 unspecified atom stereocenters. The lowest BCUT2D eigenvalue weighted by molar-refractivity contribution is -0.117. The van der Waals surface area contributed by atoms with E-state index >= 15 is 0 Å². The average Bonchev–Trinajstić information content (AvgIpc) is 2.64. The molecule has 1 atom stereocenters. The average molecular weight is 324 g/mol. The third-order valence-corrected chi connectivity index (χ3v) is 4.44. The van der Waals surface area contributed by atoms with Gasteiger partial charge in [0.15, 0.2) is 0 Å². The minimum absolute atomic E-state index is 0.0443. The van der Waals surface area contributed by atoms with Crippen molar-refractivity contribution in [3.63, 3.8) is 0 Å². The van der Waals surface area contributed by atoms with Crippen LogP contribution < -0.4 is 10.2 Å². The largest absolute Gasteiger partial charge is 0.378 e. The van der Waals surface area contributed by atoms with Crippen LogP contribution in [0.15, 0.2) is 54.6 Å². The first-order valence-electron chi connectivity index (χ1n) is 8.56. The van der Waals surface area contributed by atoms with E-state index in [1.807, 2.05) is 49.4 Å². The number of amides is 1. The molecule has 2 aromatic rings. The van der Waals surface area contributed by atoms with Gasteiger partial charge in [-0.25, -0.2) is 0 Å². The number of benzene rings is 2. The molecule has 1 heterocycles. The number of hydrogen-bond donors (Lipinski definition) is 1. The molecular formula is C20H24N2O2. The van der Waals surface area contributed by atoms with E-state index in [4.69, 9.17) is 4.74 Å². The van der Waals surface area contributed by atoms with Gasteiger partial charge in [-0.05, 0) is 36.2 Å². The number of morpholine rings is 1. The van der Waals surface area contributed by atoms with Gasteiger partial charge < -0.3 is 15.0 Å². The number of hydrogen-bond acceptors (Lipinski definition) is 3. The van der Waals surface area contributed by atoms with Crippen molar-refractivity contribution in [1.82, 2.24) is 0 Å². The molecular weight excluding hydrogens is 300 g/mol. The molecule has 0 aliphatic carbocycles. The first-order valence-corrected chi connectivity index (χ1v) is 8.56. The van der Waals surface area contributed by atoms with Crippen LogP contribution in [0.1, 0.15) is 24.8 Å².